The lowest BCUT2D eigenvalue weighted by Crippen LogP contribution is -2.28. The van der Waals surface area contributed by atoms with Crippen LogP contribution >= 0.6 is 0 Å². The van der Waals surface area contributed by atoms with Gasteiger partial charge in [0.2, 0.25) is 5.91 Å². The third-order valence-corrected chi connectivity index (χ3v) is 3.89. The normalized spacial score (nSPS) is 16.0. The van der Waals surface area contributed by atoms with Crippen LogP contribution in [-0.4, -0.2) is 30.9 Å². The minimum atomic E-state index is -0.0749. The van der Waals surface area contributed by atoms with Crippen LogP contribution in [0.5, 0.6) is 0 Å². The van der Waals surface area contributed by atoms with Crippen molar-refractivity contribution in [3.8, 4) is 0 Å². The molecule has 0 unspecified atom stereocenters. The fourth-order valence-electron chi connectivity index (χ4n) is 2.51. The summed E-state index contributed by atoms with van der Waals surface area (Å²) in [7, 11) is 0. The van der Waals surface area contributed by atoms with E-state index in [1.54, 1.807) is 0 Å². The van der Waals surface area contributed by atoms with Crippen molar-refractivity contribution in [2.75, 3.05) is 18.4 Å². The SMILES string of the molecule is O=C(CCCNC(=O)c1ccc2c(c1)NCC2)NC1CC1. The summed E-state index contributed by atoms with van der Waals surface area (Å²) in [6, 6.07) is 6.18. The van der Waals surface area contributed by atoms with Gasteiger partial charge in [-0.3, -0.25) is 9.59 Å². The third kappa shape index (κ3) is 3.74. The van der Waals surface area contributed by atoms with E-state index >= 15 is 0 Å². The summed E-state index contributed by atoms with van der Waals surface area (Å²) < 4.78 is 0. The fourth-order valence-corrected chi connectivity index (χ4v) is 2.51. The molecule has 0 atom stereocenters. The second-order valence-electron chi connectivity index (χ2n) is 5.75. The van der Waals surface area contributed by atoms with Gasteiger partial charge in [0.1, 0.15) is 0 Å². The first kappa shape index (κ1) is 13.9. The maximum atomic E-state index is 12.0. The summed E-state index contributed by atoms with van der Waals surface area (Å²) in [5.41, 5.74) is 3.00. The fraction of sp³-hybridized carbons (Fsp3) is 0.500. The minimum absolute atomic E-state index is 0.0749. The second-order valence-corrected chi connectivity index (χ2v) is 5.75. The predicted molar refractivity (Wildman–Crippen MR) is 81.4 cm³/mol. The zero-order valence-corrected chi connectivity index (χ0v) is 12.1. The van der Waals surface area contributed by atoms with Crippen molar-refractivity contribution >= 4 is 17.5 Å². The van der Waals surface area contributed by atoms with E-state index < -0.39 is 0 Å². The number of fused-ring (bicyclic) bond motifs is 1. The van der Waals surface area contributed by atoms with E-state index in [0.717, 1.165) is 31.5 Å². The molecule has 1 aliphatic carbocycles. The summed E-state index contributed by atoms with van der Waals surface area (Å²) in [5, 5.41) is 9.08. The Morgan fingerprint density at radius 1 is 1.29 bits per heavy atom. The smallest absolute Gasteiger partial charge is 0.251 e. The third-order valence-electron chi connectivity index (χ3n) is 3.89. The quantitative estimate of drug-likeness (QED) is 0.693. The highest BCUT2D eigenvalue weighted by molar-refractivity contribution is 5.95. The first-order valence-corrected chi connectivity index (χ1v) is 7.67. The zero-order valence-electron chi connectivity index (χ0n) is 12.1. The highest BCUT2D eigenvalue weighted by atomic mass is 16.2. The van der Waals surface area contributed by atoms with Gasteiger partial charge in [-0.2, -0.15) is 0 Å². The Morgan fingerprint density at radius 3 is 2.95 bits per heavy atom. The van der Waals surface area contributed by atoms with Gasteiger partial charge in [-0.1, -0.05) is 6.07 Å². The summed E-state index contributed by atoms with van der Waals surface area (Å²) >= 11 is 0. The number of hydrogen-bond donors (Lipinski definition) is 3. The van der Waals surface area contributed by atoms with Crippen LogP contribution in [0.15, 0.2) is 18.2 Å². The Labute approximate surface area is 124 Å². The van der Waals surface area contributed by atoms with Gasteiger partial charge in [0, 0.05) is 36.8 Å². The van der Waals surface area contributed by atoms with Crippen LogP contribution in [-0.2, 0) is 11.2 Å². The van der Waals surface area contributed by atoms with Crippen molar-refractivity contribution in [3.63, 3.8) is 0 Å². The monoisotopic (exact) mass is 287 g/mol. The Balaban J connectivity index is 1.40. The lowest BCUT2D eigenvalue weighted by Gasteiger charge is -2.07. The van der Waals surface area contributed by atoms with Crippen LogP contribution < -0.4 is 16.0 Å². The molecule has 2 aliphatic rings. The van der Waals surface area contributed by atoms with Gasteiger partial charge in [0.15, 0.2) is 0 Å². The van der Waals surface area contributed by atoms with Gasteiger partial charge < -0.3 is 16.0 Å². The number of rotatable bonds is 6. The highest BCUT2D eigenvalue weighted by Gasteiger charge is 2.22. The van der Waals surface area contributed by atoms with Gasteiger partial charge in [-0.25, -0.2) is 0 Å². The maximum absolute atomic E-state index is 12.0. The van der Waals surface area contributed by atoms with E-state index in [1.165, 1.54) is 5.56 Å². The minimum Gasteiger partial charge on any atom is -0.384 e. The molecule has 0 radical (unpaired) electrons. The van der Waals surface area contributed by atoms with E-state index in [-0.39, 0.29) is 11.8 Å². The van der Waals surface area contributed by atoms with Gasteiger partial charge >= 0.3 is 0 Å². The molecule has 1 saturated carbocycles. The van der Waals surface area contributed by atoms with Crippen LogP contribution in [0, 0.1) is 0 Å². The summed E-state index contributed by atoms with van der Waals surface area (Å²) in [5.74, 6) is 0.0163. The zero-order chi connectivity index (χ0) is 14.7. The van der Waals surface area contributed by atoms with Crippen molar-refractivity contribution in [3.05, 3.63) is 29.3 Å². The number of nitrogens with one attached hydrogen (secondary N) is 3. The number of carbonyl (C=O) groups is 2. The van der Waals surface area contributed by atoms with Gasteiger partial charge in [-0.15, -0.1) is 0 Å². The second kappa shape index (κ2) is 6.16. The molecule has 0 saturated heterocycles. The molecule has 0 aromatic heterocycles. The Kier molecular flexibility index (Phi) is 4.08. The standard InChI is InChI=1S/C16H21N3O2/c20-15(19-13-5-6-13)2-1-8-18-16(21)12-4-3-11-7-9-17-14(11)10-12/h3-4,10,13,17H,1-2,5-9H2,(H,18,21)(H,19,20). The summed E-state index contributed by atoms with van der Waals surface area (Å²) in [6.07, 6.45) is 4.38. The molecular weight excluding hydrogens is 266 g/mol. The molecule has 5 heteroatoms. The molecule has 1 aromatic carbocycles. The topological polar surface area (TPSA) is 70.2 Å². The van der Waals surface area contributed by atoms with Gasteiger partial charge in [0.25, 0.3) is 5.91 Å². The first-order chi connectivity index (χ1) is 10.2. The molecule has 1 aliphatic heterocycles. The molecule has 3 rings (SSSR count). The molecule has 1 fully saturated rings. The van der Waals surface area contributed by atoms with E-state index in [2.05, 4.69) is 16.0 Å². The summed E-state index contributed by atoms with van der Waals surface area (Å²) in [4.78, 5) is 23.5. The number of anilines is 1. The number of amides is 2. The van der Waals surface area contributed by atoms with Crippen molar-refractivity contribution in [1.82, 2.24) is 10.6 Å². The Morgan fingerprint density at radius 2 is 2.14 bits per heavy atom. The molecule has 3 N–H and O–H groups in total. The van der Waals surface area contributed by atoms with E-state index in [9.17, 15) is 9.59 Å². The maximum Gasteiger partial charge on any atom is 0.251 e. The average molecular weight is 287 g/mol. The number of benzene rings is 1. The lowest BCUT2D eigenvalue weighted by atomic mass is 10.1. The Bertz CT molecular complexity index is 552. The van der Waals surface area contributed by atoms with E-state index in [1.807, 2.05) is 18.2 Å². The Hall–Kier alpha value is -2.04. The van der Waals surface area contributed by atoms with Crippen molar-refractivity contribution < 1.29 is 9.59 Å². The number of hydrogen-bond acceptors (Lipinski definition) is 3. The molecule has 0 spiro atoms. The van der Waals surface area contributed by atoms with Crippen LogP contribution in [0.25, 0.3) is 0 Å². The largest absolute Gasteiger partial charge is 0.384 e. The number of carbonyl (C=O) groups excluding carboxylic acids is 2. The molecule has 21 heavy (non-hydrogen) atoms. The molecule has 2 amide bonds. The molecule has 1 heterocycles. The van der Waals surface area contributed by atoms with Crippen LogP contribution in [0.2, 0.25) is 0 Å². The van der Waals surface area contributed by atoms with Gasteiger partial charge in [0.05, 0.1) is 0 Å². The molecule has 5 nitrogen and oxygen atoms in total. The predicted octanol–water partition coefficient (Wildman–Crippen LogP) is 1.44. The van der Waals surface area contributed by atoms with Crippen LogP contribution in [0.1, 0.15) is 41.6 Å². The van der Waals surface area contributed by atoms with Crippen LogP contribution in [0.3, 0.4) is 0 Å². The summed E-state index contributed by atoms with van der Waals surface area (Å²) in [6.45, 7) is 1.47. The molecular formula is C16H21N3O2. The molecule has 1 aromatic rings. The molecule has 0 bridgehead atoms. The first-order valence-electron chi connectivity index (χ1n) is 7.67. The van der Waals surface area contributed by atoms with Crippen molar-refractivity contribution in [2.45, 2.75) is 38.1 Å². The average Bonchev–Trinajstić information content (AvgIpc) is 3.16. The van der Waals surface area contributed by atoms with Gasteiger partial charge in [-0.05, 0) is 43.4 Å². The van der Waals surface area contributed by atoms with E-state index in [0.29, 0.717) is 31.0 Å². The lowest BCUT2D eigenvalue weighted by molar-refractivity contribution is -0.121. The van der Waals surface area contributed by atoms with Crippen LogP contribution in [0.4, 0.5) is 5.69 Å². The van der Waals surface area contributed by atoms with E-state index in [4.69, 9.17) is 0 Å². The molecule has 112 valence electrons. The van der Waals surface area contributed by atoms with Crippen molar-refractivity contribution in [1.29, 1.82) is 0 Å². The highest BCUT2D eigenvalue weighted by Crippen LogP contribution is 2.23. The van der Waals surface area contributed by atoms with Crippen molar-refractivity contribution in [2.24, 2.45) is 0 Å².